The number of alkyl halides is 2. The molecule has 1 aromatic carbocycles. The molecule has 15 heavy (non-hydrogen) atoms. The fraction of sp³-hybridized carbons (Fsp3) is 0.417. The first-order valence-corrected chi connectivity index (χ1v) is 5.79. The van der Waals surface area contributed by atoms with E-state index >= 15 is 0 Å². The summed E-state index contributed by atoms with van der Waals surface area (Å²) < 4.78 is 0. The van der Waals surface area contributed by atoms with Crippen molar-refractivity contribution < 1.29 is 4.79 Å². The van der Waals surface area contributed by atoms with E-state index in [-0.39, 0.29) is 5.78 Å². The van der Waals surface area contributed by atoms with Crippen LogP contribution in [-0.4, -0.2) is 10.6 Å². The maximum atomic E-state index is 11.4. The van der Waals surface area contributed by atoms with Gasteiger partial charge in [0.15, 0.2) is 10.6 Å². The minimum atomic E-state index is -0.971. The maximum Gasteiger partial charge on any atom is 0.195 e. The summed E-state index contributed by atoms with van der Waals surface area (Å²) in [6.07, 6.45) is 1.01. The predicted octanol–water partition coefficient (Wildman–Crippen LogP) is 3.87. The van der Waals surface area contributed by atoms with E-state index in [9.17, 15) is 4.79 Å². The van der Waals surface area contributed by atoms with Crippen LogP contribution in [0.1, 0.15) is 29.8 Å². The van der Waals surface area contributed by atoms with Crippen LogP contribution >= 0.6 is 23.2 Å². The van der Waals surface area contributed by atoms with Crippen LogP contribution in [-0.2, 0) is 6.42 Å². The fourth-order valence-corrected chi connectivity index (χ4v) is 1.65. The van der Waals surface area contributed by atoms with Crippen molar-refractivity contribution in [2.75, 3.05) is 0 Å². The van der Waals surface area contributed by atoms with E-state index in [1.165, 1.54) is 5.56 Å². The first-order valence-electron chi connectivity index (χ1n) is 4.92. The van der Waals surface area contributed by atoms with Crippen LogP contribution in [0.15, 0.2) is 24.3 Å². The van der Waals surface area contributed by atoms with E-state index in [2.05, 4.69) is 13.8 Å². The Morgan fingerprint density at radius 2 is 1.73 bits per heavy atom. The summed E-state index contributed by atoms with van der Waals surface area (Å²) in [6.45, 7) is 4.32. The molecule has 0 aliphatic carbocycles. The summed E-state index contributed by atoms with van der Waals surface area (Å²) in [4.78, 5) is 10.4. The average molecular weight is 245 g/mol. The van der Waals surface area contributed by atoms with Crippen LogP contribution in [0.25, 0.3) is 0 Å². The Morgan fingerprint density at radius 3 is 2.13 bits per heavy atom. The molecule has 0 saturated carbocycles. The van der Waals surface area contributed by atoms with Gasteiger partial charge in [-0.15, -0.1) is 0 Å². The summed E-state index contributed by atoms with van der Waals surface area (Å²) in [6, 6.07) is 7.45. The molecule has 0 amide bonds. The summed E-state index contributed by atoms with van der Waals surface area (Å²) >= 11 is 11.0. The second-order valence-electron chi connectivity index (χ2n) is 3.96. The van der Waals surface area contributed by atoms with Crippen molar-refractivity contribution in [3.8, 4) is 0 Å². The van der Waals surface area contributed by atoms with Crippen LogP contribution in [0.2, 0.25) is 0 Å². The van der Waals surface area contributed by atoms with E-state index in [4.69, 9.17) is 23.2 Å². The quantitative estimate of drug-likeness (QED) is 0.581. The molecule has 0 spiro atoms. The Bertz CT molecular complexity index is 328. The molecule has 0 heterocycles. The van der Waals surface area contributed by atoms with E-state index < -0.39 is 4.84 Å². The molecule has 0 aromatic heterocycles. The molecule has 0 saturated heterocycles. The zero-order valence-corrected chi connectivity index (χ0v) is 10.3. The highest BCUT2D eigenvalue weighted by molar-refractivity contribution is 6.55. The molecule has 82 valence electrons. The zero-order valence-electron chi connectivity index (χ0n) is 8.84. The number of hydrogen-bond acceptors (Lipinski definition) is 1. The van der Waals surface area contributed by atoms with Crippen LogP contribution in [0, 0.1) is 5.92 Å². The lowest BCUT2D eigenvalue weighted by atomic mass is 10.0. The van der Waals surface area contributed by atoms with Gasteiger partial charge in [0.05, 0.1) is 0 Å². The van der Waals surface area contributed by atoms with Gasteiger partial charge in [0.1, 0.15) is 0 Å². The van der Waals surface area contributed by atoms with Crippen LogP contribution in [0.3, 0.4) is 0 Å². The number of hydrogen-bond donors (Lipinski definition) is 0. The molecule has 1 aromatic rings. The normalized spacial score (nSPS) is 11.1. The molecule has 1 nitrogen and oxygen atoms in total. The molecule has 0 N–H and O–H groups in total. The molecule has 0 radical (unpaired) electrons. The Kier molecular flexibility index (Phi) is 4.62. The Hall–Kier alpha value is -0.530. The number of rotatable bonds is 4. The Balaban J connectivity index is 2.76. The Labute approximate surface area is 100 Å². The molecule has 3 heteroatoms. The van der Waals surface area contributed by atoms with E-state index in [1.54, 1.807) is 12.1 Å². The smallest absolute Gasteiger partial charge is 0.195 e. The number of benzene rings is 1. The highest BCUT2D eigenvalue weighted by atomic mass is 35.5. The number of halogens is 2. The van der Waals surface area contributed by atoms with Gasteiger partial charge in [0, 0.05) is 5.56 Å². The fourth-order valence-electron chi connectivity index (χ4n) is 1.40. The minimum Gasteiger partial charge on any atom is -0.291 e. The van der Waals surface area contributed by atoms with Crippen LogP contribution in [0.5, 0.6) is 0 Å². The van der Waals surface area contributed by atoms with E-state index in [0.29, 0.717) is 11.5 Å². The SMILES string of the molecule is CC(C)Cc1ccc(C(=O)C(Cl)Cl)cc1. The lowest BCUT2D eigenvalue weighted by Crippen LogP contribution is -2.08. The van der Waals surface area contributed by atoms with Crippen LogP contribution < -0.4 is 0 Å². The molecule has 0 aliphatic heterocycles. The molecular weight excluding hydrogens is 231 g/mol. The third-order valence-electron chi connectivity index (χ3n) is 2.08. The molecule has 0 aliphatic rings. The first-order chi connectivity index (χ1) is 7.00. The topological polar surface area (TPSA) is 17.1 Å². The second kappa shape index (κ2) is 5.53. The number of carbonyl (C=O) groups excluding carboxylic acids is 1. The van der Waals surface area contributed by atoms with Crippen molar-refractivity contribution in [3.63, 3.8) is 0 Å². The number of Topliss-reactive ketones (excluding diaryl/α,β-unsaturated/α-hetero) is 1. The first kappa shape index (κ1) is 12.5. The van der Waals surface area contributed by atoms with Gasteiger partial charge in [-0.3, -0.25) is 4.79 Å². The monoisotopic (exact) mass is 244 g/mol. The number of carbonyl (C=O) groups is 1. The third kappa shape index (κ3) is 3.84. The van der Waals surface area contributed by atoms with Crippen LogP contribution in [0.4, 0.5) is 0 Å². The second-order valence-corrected chi connectivity index (χ2v) is 5.06. The zero-order chi connectivity index (χ0) is 11.4. The third-order valence-corrected chi connectivity index (χ3v) is 2.48. The van der Waals surface area contributed by atoms with Crippen molar-refractivity contribution in [3.05, 3.63) is 35.4 Å². The van der Waals surface area contributed by atoms with Gasteiger partial charge in [-0.05, 0) is 17.9 Å². The Morgan fingerprint density at radius 1 is 1.20 bits per heavy atom. The predicted molar refractivity (Wildman–Crippen MR) is 64.8 cm³/mol. The highest BCUT2D eigenvalue weighted by Gasteiger charge is 2.13. The molecule has 0 unspecified atom stereocenters. The molecular formula is C12H14Cl2O. The summed E-state index contributed by atoms with van der Waals surface area (Å²) in [5, 5.41) is 0. The van der Waals surface area contributed by atoms with Gasteiger partial charge in [-0.1, -0.05) is 61.3 Å². The summed E-state index contributed by atoms with van der Waals surface area (Å²) in [7, 11) is 0. The van der Waals surface area contributed by atoms with Crippen molar-refractivity contribution in [1.29, 1.82) is 0 Å². The summed E-state index contributed by atoms with van der Waals surface area (Å²) in [5.41, 5.74) is 1.79. The van der Waals surface area contributed by atoms with Crippen molar-refractivity contribution in [2.24, 2.45) is 5.92 Å². The van der Waals surface area contributed by atoms with Gasteiger partial charge in [-0.25, -0.2) is 0 Å². The maximum absolute atomic E-state index is 11.4. The van der Waals surface area contributed by atoms with Gasteiger partial charge < -0.3 is 0 Å². The van der Waals surface area contributed by atoms with Gasteiger partial charge in [0.2, 0.25) is 0 Å². The number of ketones is 1. The minimum absolute atomic E-state index is 0.241. The summed E-state index contributed by atoms with van der Waals surface area (Å²) in [5.74, 6) is 0.370. The van der Waals surface area contributed by atoms with Gasteiger partial charge >= 0.3 is 0 Å². The highest BCUT2D eigenvalue weighted by Crippen LogP contribution is 2.14. The lowest BCUT2D eigenvalue weighted by Gasteiger charge is -2.06. The van der Waals surface area contributed by atoms with Crippen molar-refractivity contribution >= 4 is 29.0 Å². The molecule has 1 rings (SSSR count). The van der Waals surface area contributed by atoms with Gasteiger partial charge in [0.25, 0.3) is 0 Å². The van der Waals surface area contributed by atoms with E-state index in [0.717, 1.165) is 6.42 Å². The molecule has 0 atom stereocenters. The molecule has 0 bridgehead atoms. The standard InChI is InChI=1S/C12H14Cl2O/c1-8(2)7-9-3-5-10(6-4-9)11(15)12(13)14/h3-6,8,12H,7H2,1-2H3. The van der Waals surface area contributed by atoms with Crippen molar-refractivity contribution in [2.45, 2.75) is 25.1 Å². The average Bonchev–Trinajstić information content (AvgIpc) is 2.17. The van der Waals surface area contributed by atoms with E-state index in [1.807, 2.05) is 12.1 Å². The molecule has 0 fully saturated rings. The lowest BCUT2D eigenvalue weighted by molar-refractivity contribution is 0.101. The van der Waals surface area contributed by atoms with Crippen molar-refractivity contribution in [1.82, 2.24) is 0 Å². The van der Waals surface area contributed by atoms with Gasteiger partial charge in [-0.2, -0.15) is 0 Å². The largest absolute Gasteiger partial charge is 0.291 e.